The Labute approximate surface area is 133 Å². The van der Waals surface area contributed by atoms with Crippen LogP contribution in [0, 0.1) is 0 Å². The van der Waals surface area contributed by atoms with E-state index >= 15 is 0 Å². The molecule has 3 aromatic rings. The van der Waals surface area contributed by atoms with Gasteiger partial charge in [-0.3, -0.25) is 10.1 Å². The molecular formula is C17H16N4O2. The zero-order valence-corrected chi connectivity index (χ0v) is 12.7. The Kier molecular flexibility index (Phi) is 3.22. The minimum Gasteiger partial charge on any atom is -0.493 e. The van der Waals surface area contributed by atoms with E-state index in [1.54, 1.807) is 4.68 Å². The Hall–Kier alpha value is -2.89. The summed E-state index contributed by atoms with van der Waals surface area (Å²) < 4.78 is 7.49. The molecule has 0 spiro atoms. The number of nitrogens with zero attached hydrogens (tertiary/aromatic N) is 3. The minimum atomic E-state index is -0.165. The van der Waals surface area contributed by atoms with Crippen molar-refractivity contribution < 1.29 is 9.53 Å². The molecule has 2 aromatic carbocycles. The highest BCUT2D eigenvalue weighted by atomic mass is 16.5. The second kappa shape index (κ2) is 5.39. The summed E-state index contributed by atoms with van der Waals surface area (Å²) in [6, 6.07) is 11.9. The van der Waals surface area contributed by atoms with Crippen LogP contribution in [0.15, 0.2) is 42.7 Å². The molecule has 1 aromatic heterocycles. The van der Waals surface area contributed by atoms with Crippen molar-refractivity contribution in [2.45, 2.75) is 19.4 Å². The molecule has 1 amide bonds. The third-order valence-electron chi connectivity index (χ3n) is 4.07. The molecule has 0 fully saturated rings. The lowest BCUT2D eigenvalue weighted by atomic mass is 9.95. The fourth-order valence-electron chi connectivity index (χ4n) is 3.11. The predicted octanol–water partition coefficient (Wildman–Crippen LogP) is 2.76. The van der Waals surface area contributed by atoms with Crippen LogP contribution >= 0.6 is 0 Å². The molecule has 0 radical (unpaired) electrons. The third kappa shape index (κ3) is 2.23. The van der Waals surface area contributed by atoms with Gasteiger partial charge in [0.05, 0.1) is 19.1 Å². The standard InChI is InChI=1S/C17H16N4O2/c1-2-23-15-8-7-12(11-5-3-4-6-13(11)15)14-9-16(22)20-17-18-10-19-21(14)17/h3-8,10,14H,2,9H2,1H3,(H,18,19,20,22)/t14-/m1/s1. The molecule has 0 aliphatic carbocycles. The van der Waals surface area contributed by atoms with E-state index in [1.807, 2.05) is 37.3 Å². The van der Waals surface area contributed by atoms with Crippen LogP contribution in [0.25, 0.3) is 10.8 Å². The number of carbonyl (C=O) groups excluding carboxylic acids is 1. The summed E-state index contributed by atoms with van der Waals surface area (Å²) in [6.45, 7) is 2.58. The maximum Gasteiger partial charge on any atom is 0.229 e. The zero-order chi connectivity index (χ0) is 15.8. The SMILES string of the molecule is CCOc1ccc([C@H]2CC(=O)Nc3ncnn32)c2ccccc12. The van der Waals surface area contributed by atoms with Crippen LogP contribution < -0.4 is 10.1 Å². The lowest BCUT2D eigenvalue weighted by molar-refractivity contribution is -0.117. The molecule has 23 heavy (non-hydrogen) atoms. The first-order valence-corrected chi connectivity index (χ1v) is 7.61. The number of carbonyl (C=O) groups is 1. The Balaban J connectivity index is 1.91. The number of fused-ring (bicyclic) bond motifs is 2. The molecule has 4 rings (SSSR count). The second-order valence-corrected chi connectivity index (χ2v) is 5.43. The van der Waals surface area contributed by atoms with Crippen molar-refractivity contribution >= 4 is 22.6 Å². The summed E-state index contributed by atoms with van der Waals surface area (Å²) in [4.78, 5) is 16.1. The van der Waals surface area contributed by atoms with Gasteiger partial charge in [0.25, 0.3) is 0 Å². The maximum absolute atomic E-state index is 12.0. The van der Waals surface area contributed by atoms with Crippen molar-refractivity contribution in [1.82, 2.24) is 14.8 Å². The molecule has 0 saturated carbocycles. The van der Waals surface area contributed by atoms with E-state index in [2.05, 4.69) is 21.5 Å². The smallest absolute Gasteiger partial charge is 0.229 e. The van der Waals surface area contributed by atoms with E-state index < -0.39 is 0 Å². The van der Waals surface area contributed by atoms with Crippen molar-refractivity contribution in [2.24, 2.45) is 0 Å². The topological polar surface area (TPSA) is 69.0 Å². The van der Waals surface area contributed by atoms with Gasteiger partial charge in [-0.1, -0.05) is 30.3 Å². The highest BCUT2D eigenvalue weighted by Gasteiger charge is 2.29. The van der Waals surface area contributed by atoms with Crippen LogP contribution in [-0.4, -0.2) is 27.3 Å². The number of nitrogens with one attached hydrogen (secondary N) is 1. The average molecular weight is 308 g/mol. The lowest BCUT2D eigenvalue weighted by Crippen LogP contribution is -2.29. The summed E-state index contributed by atoms with van der Waals surface area (Å²) >= 11 is 0. The predicted molar refractivity (Wildman–Crippen MR) is 86.5 cm³/mol. The van der Waals surface area contributed by atoms with Crippen LogP contribution in [0.4, 0.5) is 5.95 Å². The van der Waals surface area contributed by atoms with Gasteiger partial charge >= 0.3 is 0 Å². The van der Waals surface area contributed by atoms with Crippen LogP contribution in [0.5, 0.6) is 5.75 Å². The third-order valence-corrected chi connectivity index (χ3v) is 4.07. The van der Waals surface area contributed by atoms with E-state index in [9.17, 15) is 4.79 Å². The van der Waals surface area contributed by atoms with Gasteiger partial charge in [0.1, 0.15) is 12.1 Å². The van der Waals surface area contributed by atoms with E-state index in [-0.39, 0.29) is 11.9 Å². The van der Waals surface area contributed by atoms with E-state index in [0.717, 1.165) is 22.1 Å². The number of ether oxygens (including phenoxy) is 1. The number of anilines is 1. The summed E-state index contributed by atoms with van der Waals surface area (Å²) in [6.07, 6.45) is 1.80. The first-order valence-electron chi connectivity index (χ1n) is 7.61. The van der Waals surface area contributed by atoms with E-state index in [1.165, 1.54) is 6.33 Å². The van der Waals surface area contributed by atoms with Gasteiger partial charge in [-0.05, 0) is 23.9 Å². The van der Waals surface area contributed by atoms with Gasteiger partial charge in [0.2, 0.25) is 11.9 Å². The summed E-state index contributed by atoms with van der Waals surface area (Å²) in [7, 11) is 0. The zero-order valence-electron chi connectivity index (χ0n) is 12.7. The number of aromatic nitrogens is 3. The Morgan fingerprint density at radius 1 is 1.26 bits per heavy atom. The first-order chi connectivity index (χ1) is 11.3. The fraction of sp³-hybridized carbons (Fsp3) is 0.235. The van der Waals surface area contributed by atoms with Gasteiger partial charge in [-0.2, -0.15) is 10.1 Å². The molecule has 116 valence electrons. The largest absolute Gasteiger partial charge is 0.493 e. The van der Waals surface area contributed by atoms with Crippen LogP contribution in [-0.2, 0) is 4.79 Å². The van der Waals surface area contributed by atoms with Crippen molar-refractivity contribution in [1.29, 1.82) is 0 Å². The molecule has 1 aliphatic rings. The molecule has 6 heteroatoms. The van der Waals surface area contributed by atoms with Gasteiger partial charge in [-0.15, -0.1) is 0 Å². The number of benzene rings is 2. The van der Waals surface area contributed by atoms with Crippen molar-refractivity contribution in [2.75, 3.05) is 11.9 Å². The Morgan fingerprint density at radius 2 is 2.09 bits per heavy atom. The molecule has 6 nitrogen and oxygen atoms in total. The maximum atomic E-state index is 12.0. The highest BCUT2D eigenvalue weighted by Crippen LogP contribution is 2.36. The molecule has 0 bridgehead atoms. The summed E-state index contributed by atoms with van der Waals surface area (Å²) in [5.41, 5.74) is 1.05. The van der Waals surface area contributed by atoms with E-state index in [0.29, 0.717) is 19.0 Å². The molecule has 1 N–H and O–H groups in total. The monoisotopic (exact) mass is 308 g/mol. The van der Waals surface area contributed by atoms with Crippen LogP contribution in [0.3, 0.4) is 0 Å². The summed E-state index contributed by atoms with van der Waals surface area (Å²) in [5.74, 6) is 1.30. The van der Waals surface area contributed by atoms with E-state index in [4.69, 9.17) is 4.74 Å². The van der Waals surface area contributed by atoms with Crippen LogP contribution in [0.1, 0.15) is 24.9 Å². The molecule has 1 atom stereocenters. The number of hydrogen-bond donors (Lipinski definition) is 1. The Morgan fingerprint density at radius 3 is 2.91 bits per heavy atom. The van der Waals surface area contributed by atoms with Crippen molar-refractivity contribution in [3.63, 3.8) is 0 Å². The quantitative estimate of drug-likeness (QED) is 0.808. The van der Waals surface area contributed by atoms with Gasteiger partial charge in [0.15, 0.2) is 0 Å². The number of hydrogen-bond acceptors (Lipinski definition) is 4. The Bertz CT molecular complexity index is 887. The molecule has 2 heterocycles. The highest BCUT2D eigenvalue weighted by molar-refractivity contribution is 5.94. The normalized spacial score (nSPS) is 16.9. The molecule has 0 unspecified atom stereocenters. The molecular weight excluding hydrogens is 292 g/mol. The van der Waals surface area contributed by atoms with Crippen molar-refractivity contribution in [3.05, 3.63) is 48.3 Å². The van der Waals surface area contributed by atoms with Gasteiger partial charge < -0.3 is 4.74 Å². The fourth-order valence-corrected chi connectivity index (χ4v) is 3.11. The van der Waals surface area contributed by atoms with Gasteiger partial charge in [0, 0.05) is 5.39 Å². The second-order valence-electron chi connectivity index (χ2n) is 5.43. The molecule has 0 saturated heterocycles. The first kappa shape index (κ1) is 13.8. The average Bonchev–Trinajstić information content (AvgIpc) is 3.03. The van der Waals surface area contributed by atoms with Gasteiger partial charge in [-0.25, -0.2) is 4.68 Å². The molecule has 1 aliphatic heterocycles. The van der Waals surface area contributed by atoms with Crippen molar-refractivity contribution in [3.8, 4) is 5.75 Å². The summed E-state index contributed by atoms with van der Waals surface area (Å²) in [5, 5.41) is 9.13. The lowest BCUT2D eigenvalue weighted by Gasteiger charge is -2.25. The van der Waals surface area contributed by atoms with Crippen LogP contribution in [0.2, 0.25) is 0 Å². The number of amides is 1. The number of rotatable bonds is 3. The minimum absolute atomic E-state index is 0.0477.